The fourth-order valence-electron chi connectivity index (χ4n) is 2.63. The summed E-state index contributed by atoms with van der Waals surface area (Å²) in [6, 6.07) is 8.59. The molecule has 140 valence electrons. The number of hydrogen-bond donors (Lipinski definition) is 2. The van der Waals surface area contributed by atoms with Gasteiger partial charge in [-0.05, 0) is 37.1 Å². The van der Waals surface area contributed by atoms with Crippen LogP contribution in [-0.2, 0) is 6.42 Å². The molecule has 0 saturated heterocycles. The summed E-state index contributed by atoms with van der Waals surface area (Å²) in [5, 5.41) is 3.25. The fourth-order valence-corrected chi connectivity index (χ4v) is 2.79. The number of carbonyl (C=O) groups excluding carboxylic acids is 1. The van der Waals surface area contributed by atoms with Crippen molar-refractivity contribution in [3.05, 3.63) is 46.5 Å². The second-order valence-electron chi connectivity index (χ2n) is 5.84. The molecule has 0 spiro atoms. The van der Waals surface area contributed by atoms with E-state index in [-0.39, 0.29) is 11.9 Å². The van der Waals surface area contributed by atoms with Crippen LogP contribution < -0.4 is 25.3 Å². The Labute approximate surface area is 158 Å². The Kier molecular flexibility index (Phi) is 6.58. The van der Waals surface area contributed by atoms with E-state index in [9.17, 15) is 4.79 Å². The van der Waals surface area contributed by atoms with Gasteiger partial charge >= 0.3 is 0 Å². The van der Waals surface area contributed by atoms with Gasteiger partial charge < -0.3 is 25.3 Å². The van der Waals surface area contributed by atoms with E-state index >= 15 is 0 Å². The molecule has 0 aromatic heterocycles. The number of benzene rings is 2. The van der Waals surface area contributed by atoms with E-state index < -0.39 is 0 Å². The highest BCUT2D eigenvalue weighted by atomic mass is 35.5. The number of ether oxygens (including phenoxy) is 3. The molecule has 0 aliphatic heterocycles. The number of anilines is 1. The van der Waals surface area contributed by atoms with E-state index in [1.165, 1.54) is 19.2 Å². The monoisotopic (exact) mass is 378 g/mol. The van der Waals surface area contributed by atoms with Crippen molar-refractivity contribution in [3.63, 3.8) is 0 Å². The van der Waals surface area contributed by atoms with Gasteiger partial charge in [-0.25, -0.2) is 0 Å². The number of methoxy groups -OCH3 is 3. The van der Waals surface area contributed by atoms with Gasteiger partial charge in [0, 0.05) is 12.1 Å². The number of rotatable bonds is 7. The molecule has 0 bridgehead atoms. The van der Waals surface area contributed by atoms with E-state index in [0.717, 1.165) is 5.56 Å². The molecule has 3 N–H and O–H groups in total. The first-order valence-electron chi connectivity index (χ1n) is 8.04. The van der Waals surface area contributed by atoms with Crippen molar-refractivity contribution < 1.29 is 19.0 Å². The maximum absolute atomic E-state index is 12.6. The van der Waals surface area contributed by atoms with Gasteiger partial charge in [0.2, 0.25) is 0 Å². The summed E-state index contributed by atoms with van der Waals surface area (Å²) in [5.41, 5.74) is 7.46. The predicted octanol–water partition coefficient (Wildman–Crippen LogP) is 3.31. The molecule has 2 aromatic rings. The van der Waals surface area contributed by atoms with Crippen LogP contribution in [0.25, 0.3) is 0 Å². The van der Waals surface area contributed by atoms with Gasteiger partial charge in [0.05, 0.1) is 37.6 Å². The Morgan fingerprint density at radius 2 is 1.73 bits per heavy atom. The highest BCUT2D eigenvalue weighted by Crippen LogP contribution is 2.29. The summed E-state index contributed by atoms with van der Waals surface area (Å²) >= 11 is 6.03. The summed E-state index contributed by atoms with van der Waals surface area (Å²) in [4.78, 5) is 12.6. The summed E-state index contributed by atoms with van der Waals surface area (Å²) < 4.78 is 15.8. The second-order valence-corrected chi connectivity index (χ2v) is 6.25. The zero-order valence-corrected chi connectivity index (χ0v) is 16.0. The van der Waals surface area contributed by atoms with Gasteiger partial charge in [0.25, 0.3) is 5.91 Å². The molecule has 6 nitrogen and oxygen atoms in total. The van der Waals surface area contributed by atoms with Crippen molar-refractivity contribution in [2.75, 3.05) is 27.1 Å². The molecule has 2 rings (SSSR count). The molecule has 1 unspecified atom stereocenters. The van der Waals surface area contributed by atoms with Crippen LogP contribution in [0.4, 0.5) is 5.69 Å². The Morgan fingerprint density at radius 3 is 2.35 bits per heavy atom. The quantitative estimate of drug-likeness (QED) is 0.722. The fraction of sp³-hybridized carbons (Fsp3) is 0.316. The lowest BCUT2D eigenvalue weighted by Crippen LogP contribution is -2.34. The van der Waals surface area contributed by atoms with E-state index in [2.05, 4.69) is 5.32 Å². The van der Waals surface area contributed by atoms with Crippen molar-refractivity contribution in [1.82, 2.24) is 5.32 Å². The molecule has 0 aliphatic carbocycles. The summed E-state index contributed by atoms with van der Waals surface area (Å²) in [6.07, 6.45) is 0.622. The normalized spacial score (nSPS) is 11.6. The Balaban J connectivity index is 2.11. The zero-order chi connectivity index (χ0) is 19.3. The number of hydrogen-bond acceptors (Lipinski definition) is 5. The molecule has 0 heterocycles. The first-order valence-corrected chi connectivity index (χ1v) is 8.42. The minimum Gasteiger partial charge on any atom is -0.496 e. The topological polar surface area (TPSA) is 82.8 Å². The number of nitrogen functional groups attached to an aromatic ring is 1. The number of amides is 1. The third kappa shape index (κ3) is 4.52. The van der Waals surface area contributed by atoms with E-state index in [4.69, 9.17) is 31.5 Å². The standard InChI is InChI=1S/C19H23ClN2O4/c1-11(7-12-5-6-16(24-2)18(8-12)26-4)22-19(23)13-9-14(20)15(21)10-17(13)25-3/h5-6,8-11H,7,21H2,1-4H3,(H,22,23). The molecule has 0 fully saturated rings. The molecule has 26 heavy (non-hydrogen) atoms. The number of halogens is 1. The molecule has 0 saturated carbocycles. The maximum atomic E-state index is 12.6. The van der Waals surface area contributed by atoms with Gasteiger partial charge in [-0.3, -0.25) is 4.79 Å². The Bertz CT molecular complexity index is 795. The number of nitrogens with one attached hydrogen (secondary N) is 1. The largest absolute Gasteiger partial charge is 0.496 e. The molecular formula is C19H23ClN2O4. The lowest BCUT2D eigenvalue weighted by Gasteiger charge is -2.17. The van der Waals surface area contributed by atoms with E-state index in [1.54, 1.807) is 14.2 Å². The highest BCUT2D eigenvalue weighted by molar-refractivity contribution is 6.33. The van der Waals surface area contributed by atoms with Crippen LogP contribution in [0.5, 0.6) is 17.2 Å². The minimum atomic E-state index is -0.281. The van der Waals surface area contributed by atoms with Crippen LogP contribution in [0.2, 0.25) is 5.02 Å². The smallest absolute Gasteiger partial charge is 0.255 e. The zero-order valence-electron chi connectivity index (χ0n) is 15.3. The second kappa shape index (κ2) is 8.67. The first-order chi connectivity index (χ1) is 12.4. The first kappa shape index (κ1) is 19.7. The number of nitrogens with two attached hydrogens (primary N) is 1. The molecular weight excluding hydrogens is 356 g/mol. The van der Waals surface area contributed by atoms with Crippen molar-refractivity contribution in [2.24, 2.45) is 0 Å². The van der Waals surface area contributed by atoms with Crippen LogP contribution in [0.1, 0.15) is 22.8 Å². The third-order valence-corrected chi connectivity index (χ3v) is 4.26. The van der Waals surface area contributed by atoms with Crippen LogP contribution in [0, 0.1) is 0 Å². The van der Waals surface area contributed by atoms with Gasteiger partial charge in [-0.2, -0.15) is 0 Å². The summed E-state index contributed by atoms with van der Waals surface area (Å²) in [6.45, 7) is 1.92. The minimum absolute atomic E-state index is 0.123. The number of carbonyl (C=O) groups is 1. The summed E-state index contributed by atoms with van der Waals surface area (Å²) in [7, 11) is 4.65. The van der Waals surface area contributed by atoms with E-state index in [1.807, 2.05) is 25.1 Å². The average Bonchev–Trinajstić information content (AvgIpc) is 2.63. The van der Waals surface area contributed by atoms with Gasteiger partial charge in [-0.15, -0.1) is 0 Å². The van der Waals surface area contributed by atoms with Crippen molar-refractivity contribution in [3.8, 4) is 17.2 Å². The van der Waals surface area contributed by atoms with Gasteiger partial charge in [0.15, 0.2) is 11.5 Å². The molecule has 0 aliphatic rings. The van der Waals surface area contributed by atoms with Crippen molar-refractivity contribution >= 4 is 23.2 Å². The van der Waals surface area contributed by atoms with Gasteiger partial charge in [-0.1, -0.05) is 17.7 Å². The molecule has 0 radical (unpaired) electrons. The lowest BCUT2D eigenvalue weighted by atomic mass is 10.1. The van der Waals surface area contributed by atoms with Crippen LogP contribution in [0.15, 0.2) is 30.3 Å². The van der Waals surface area contributed by atoms with Crippen molar-refractivity contribution in [1.29, 1.82) is 0 Å². The molecule has 1 amide bonds. The summed E-state index contributed by atoms with van der Waals surface area (Å²) in [5.74, 6) is 1.41. The maximum Gasteiger partial charge on any atom is 0.255 e. The lowest BCUT2D eigenvalue weighted by molar-refractivity contribution is 0.0937. The molecule has 7 heteroatoms. The Hall–Kier alpha value is -2.60. The predicted molar refractivity (Wildman–Crippen MR) is 103 cm³/mol. The SMILES string of the molecule is COc1ccc(CC(C)NC(=O)c2cc(Cl)c(N)cc2OC)cc1OC. The molecule has 1 atom stereocenters. The highest BCUT2D eigenvalue weighted by Gasteiger charge is 2.17. The van der Waals surface area contributed by atoms with Gasteiger partial charge in [0.1, 0.15) is 5.75 Å². The van der Waals surface area contributed by atoms with E-state index in [0.29, 0.717) is 39.9 Å². The van der Waals surface area contributed by atoms with Crippen LogP contribution in [-0.4, -0.2) is 33.3 Å². The van der Waals surface area contributed by atoms with Crippen LogP contribution in [0.3, 0.4) is 0 Å². The van der Waals surface area contributed by atoms with Crippen LogP contribution >= 0.6 is 11.6 Å². The van der Waals surface area contributed by atoms with Crippen molar-refractivity contribution in [2.45, 2.75) is 19.4 Å². The Morgan fingerprint density at radius 1 is 1.08 bits per heavy atom. The molecule has 2 aromatic carbocycles. The third-order valence-electron chi connectivity index (χ3n) is 3.93. The average molecular weight is 379 g/mol.